The van der Waals surface area contributed by atoms with E-state index in [1.54, 1.807) is 38.2 Å². The number of methoxy groups -OCH3 is 2. The van der Waals surface area contributed by atoms with Crippen molar-refractivity contribution >= 4 is 23.5 Å². The minimum atomic E-state index is -0.479. The first-order valence-corrected chi connectivity index (χ1v) is 7.51. The zero-order valence-electron chi connectivity index (χ0n) is 13.9. The van der Waals surface area contributed by atoms with Crippen LogP contribution in [0.25, 0.3) is 0 Å². The summed E-state index contributed by atoms with van der Waals surface area (Å²) in [4.78, 5) is 25.7. The fourth-order valence-corrected chi connectivity index (χ4v) is 2.46. The summed E-state index contributed by atoms with van der Waals surface area (Å²) >= 11 is 5.96. The molecule has 2 aromatic rings. The average Bonchev–Trinajstić information content (AvgIpc) is 2.93. The van der Waals surface area contributed by atoms with Gasteiger partial charge in [-0.05, 0) is 31.2 Å². The smallest absolute Gasteiger partial charge is 0.341 e. The molecule has 0 spiro atoms. The quantitative estimate of drug-likeness (QED) is 0.773. The van der Waals surface area contributed by atoms with Crippen molar-refractivity contribution in [3.05, 3.63) is 51.9 Å². The molecule has 2 rings (SSSR count). The number of furan rings is 1. The Kier molecular flexibility index (Phi) is 5.51. The Morgan fingerprint density at radius 2 is 1.92 bits per heavy atom. The third-order valence-electron chi connectivity index (χ3n) is 3.51. The first-order chi connectivity index (χ1) is 11.4. The van der Waals surface area contributed by atoms with Crippen LogP contribution in [0.2, 0.25) is 5.02 Å². The van der Waals surface area contributed by atoms with E-state index >= 15 is 0 Å². The lowest BCUT2D eigenvalue weighted by molar-refractivity contribution is 0.0598. The fourth-order valence-electron chi connectivity index (χ4n) is 2.29. The van der Waals surface area contributed by atoms with Crippen LogP contribution in [-0.2, 0) is 11.3 Å². The van der Waals surface area contributed by atoms with E-state index in [9.17, 15) is 9.59 Å². The van der Waals surface area contributed by atoms with Gasteiger partial charge < -0.3 is 18.8 Å². The maximum Gasteiger partial charge on any atom is 0.341 e. The summed E-state index contributed by atoms with van der Waals surface area (Å²) in [5.74, 6) is 0.598. The summed E-state index contributed by atoms with van der Waals surface area (Å²) < 4.78 is 15.4. The van der Waals surface area contributed by atoms with Crippen LogP contribution in [-0.4, -0.2) is 38.0 Å². The second kappa shape index (κ2) is 7.40. The van der Waals surface area contributed by atoms with Crippen molar-refractivity contribution in [2.75, 3.05) is 21.3 Å². The largest absolute Gasteiger partial charge is 0.496 e. The van der Waals surface area contributed by atoms with Gasteiger partial charge in [0.15, 0.2) is 0 Å². The van der Waals surface area contributed by atoms with Gasteiger partial charge in [0, 0.05) is 12.1 Å². The predicted octanol–water partition coefficient (Wildman–Crippen LogP) is 3.31. The molecule has 24 heavy (non-hydrogen) atoms. The average molecular weight is 352 g/mol. The Balaban J connectivity index is 2.21. The molecule has 0 aliphatic carbocycles. The van der Waals surface area contributed by atoms with Gasteiger partial charge >= 0.3 is 5.97 Å². The van der Waals surface area contributed by atoms with Crippen LogP contribution in [0.15, 0.2) is 28.7 Å². The highest BCUT2D eigenvalue weighted by Gasteiger charge is 2.21. The van der Waals surface area contributed by atoms with Gasteiger partial charge in [-0.25, -0.2) is 4.79 Å². The third kappa shape index (κ3) is 3.71. The molecule has 0 atom stereocenters. The van der Waals surface area contributed by atoms with E-state index in [0.717, 1.165) is 0 Å². The van der Waals surface area contributed by atoms with E-state index in [2.05, 4.69) is 4.74 Å². The van der Waals surface area contributed by atoms with Crippen LogP contribution in [0, 0.1) is 6.92 Å². The monoisotopic (exact) mass is 351 g/mol. The number of rotatable bonds is 5. The Bertz CT molecular complexity index is 768. The lowest BCUT2D eigenvalue weighted by Crippen LogP contribution is -2.26. The zero-order valence-corrected chi connectivity index (χ0v) is 14.6. The summed E-state index contributed by atoms with van der Waals surface area (Å²) in [5.41, 5.74) is 0.692. The Morgan fingerprint density at radius 3 is 2.54 bits per heavy atom. The van der Waals surface area contributed by atoms with Crippen LogP contribution in [0.4, 0.5) is 0 Å². The minimum Gasteiger partial charge on any atom is -0.496 e. The molecule has 1 aromatic carbocycles. The van der Waals surface area contributed by atoms with Crippen molar-refractivity contribution in [2.24, 2.45) is 0 Å². The number of aryl methyl sites for hydroxylation is 1. The van der Waals surface area contributed by atoms with Gasteiger partial charge in [0.1, 0.15) is 22.8 Å². The SMILES string of the molecule is COC(=O)c1cc(CN(C)C(=O)c2cc(Cl)ccc2OC)oc1C. The first-order valence-electron chi connectivity index (χ1n) is 7.14. The van der Waals surface area contributed by atoms with Gasteiger partial charge in [0.05, 0.1) is 26.3 Å². The number of ether oxygens (including phenoxy) is 2. The van der Waals surface area contributed by atoms with Crippen LogP contribution in [0.3, 0.4) is 0 Å². The van der Waals surface area contributed by atoms with Crippen LogP contribution < -0.4 is 4.74 Å². The van der Waals surface area contributed by atoms with Crippen molar-refractivity contribution in [1.82, 2.24) is 4.90 Å². The normalized spacial score (nSPS) is 10.4. The van der Waals surface area contributed by atoms with E-state index in [4.69, 9.17) is 20.8 Å². The topological polar surface area (TPSA) is 69.0 Å². The number of hydrogen-bond donors (Lipinski definition) is 0. The molecular formula is C17H18ClNO5. The number of benzene rings is 1. The second-order valence-electron chi connectivity index (χ2n) is 5.18. The first kappa shape index (κ1) is 17.9. The summed E-state index contributed by atoms with van der Waals surface area (Å²) in [6, 6.07) is 6.40. The highest BCUT2D eigenvalue weighted by molar-refractivity contribution is 6.31. The molecule has 0 fully saturated rings. The van der Waals surface area contributed by atoms with Crippen molar-refractivity contribution in [3.8, 4) is 5.75 Å². The number of amides is 1. The molecule has 0 aliphatic heterocycles. The van der Waals surface area contributed by atoms with E-state index < -0.39 is 5.97 Å². The molecular weight excluding hydrogens is 334 g/mol. The molecule has 0 saturated heterocycles. The maximum absolute atomic E-state index is 12.6. The molecule has 0 aliphatic rings. The maximum atomic E-state index is 12.6. The lowest BCUT2D eigenvalue weighted by Gasteiger charge is -2.17. The van der Waals surface area contributed by atoms with E-state index in [0.29, 0.717) is 33.4 Å². The van der Waals surface area contributed by atoms with E-state index in [1.807, 2.05) is 0 Å². The van der Waals surface area contributed by atoms with Gasteiger partial charge in [-0.3, -0.25) is 4.79 Å². The number of carbonyl (C=O) groups excluding carboxylic acids is 2. The molecule has 0 bridgehead atoms. The molecule has 0 N–H and O–H groups in total. The molecule has 0 radical (unpaired) electrons. The second-order valence-corrected chi connectivity index (χ2v) is 5.62. The highest BCUT2D eigenvalue weighted by atomic mass is 35.5. The summed E-state index contributed by atoms with van der Waals surface area (Å²) in [6.07, 6.45) is 0. The van der Waals surface area contributed by atoms with Crippen LogP contribution in [0.1, 0.15) is 32.2 Å². The molecule has 7 heteroatoms. The molecule has 0 saturated carbocycles. The van der Waals surface area contributed by atoms with E-state index in [1.165, 1.54) is 19.1 Å². The van der Waals surface area contributed by atoms with Gasteiger partial charge in [0.25, 0.3) is 5.91 Å². The third-order valence-corrected chi connectivity index (χ3v) is 3.74. The predicted molar refractivity (Wildman–Crippen MR) is 88.6 cm³/mol. The molecule has 1 amide bonds. The minimum absolute atomic E-state index is 0.187. The Labute approximate surface area is 144 Å². The summed E-state index contributed by atoms with van der Waals surface area (Å²) in [6.45, 7) is 1.85. The number of halogens is 1. The molecule has 1 heterocycles. The van der Waals surface area contributed by atoms with Crippen molar-refractivity contribution in [3.63, 3.8) is 0 Å². The van der Waals surface area contributed by atoms with Crippen LogP contribution >= 0.6 is 11.6 Å². The van der Waals surface area contributed by atoms with E-state index in [-0.39, 0.29) is 12.5 Å². The summed E-state index contributed by atoms with van der Waals surface area (Å²) in [7, 11) is 4.41. The highest BCUT2D eigenvalue weighted by Crippen LogP contribution is 2.25. The molecule has 128 valence electrons. The standard InChI is InChI=1S/C17H18ClNO5/c1-10-13(17(21)23-4)8-12(24-10)9-19(2)16(20)14-7-11(18)5-6-15(14)22-3/h5-8H,9H2,1-4H3. The molecule has 1 aromatic heterocycles. The number of carbonyl (C=O) groups is 2. The Hall–Kier alpha value is -2.47. The van der Waals surface area contributed by atoms with Gasteiger partial charge in [-0.15, -0.1) is 0 Å². The zero-order chi connectivity index (χ0) is 17.9. The van der Waals surface area contributed by atoms with Crippen molar-refractivity contribution < 1.29 is 23.5 Å². The number of hydrogen-bond acceptors (Lipinski definition) is 5. The molecule has 6 nitrogen and oxygen atoms in total. The number of nitrogens with zero attached hydrogens (tertiary/aromatic N) is 1. The fraction of sp³-hybridized carbons (Fsp3) is 0.294. The van der Waals surface area contributed by atoms with Gasteiger partial charge in [0.2, 0.25) is 0 Å². The lowest BCUT2D eigenvalue weighted by atomic mass is 10.1. The van der Waals surface area contributed by atoms with Crippen molar-refractivity contribution in [2.45, 2.75) is 13.5 Å². The van der Waals surface area contributed by atoms with Gasteiger partial charge in [-0.2, -0.15) is 0 Å². The Morgan fingerprint density at radius 1 is 1.21 bits per heavy atom. The number of esters is 1. The van der Waals surface area contributed by atoms with Crippen LogP contribution in [0.5, 0.6) is 5.75 Å². The molecule has 0 unspecified atom stereocenters. The van der Waals surface area contributed by atoms with Crippen molar-refractivity contribution in [1.29, 1.82) is 0 Å². The van der Waals surface area contributed by atoms with Gasteiger partial charge in [-0.1, -0.05) is 11.6 Å². The summed E-state index contributed by atoms with van der Waals surface area (Å²) in [5, 5.41) is 0.439.